The lowest BCUT2D eigenvalue weighted by Crippen LogP contribution is -2.11. The summed E-state index contributed by atoms with van der Waals surface area (Å²) in [6.45, 7) is 1.36. The van der Waals surface area contributed by atoms with E-state index in [2.05, 4.69) is 10.3 Å². The van der Waals surface area contributed by atoms with Gasteiger partial charge in [-0.25, -0.2) is 4.39 Å². The maximum Gasteiger partial charge on any atom is 0.126 e. The highest BCUT2D eigenvalue weighted by molar-refractivity contribution is 5.77. The first-order valence-corrected chi connectivity index (χ1v) is 8.58. The van der Waals surface area contributed by atoms with Gasteiger partial charge < -0.3 is 19.5 Å². The van der Waals surface area contributed by atoms with Crippen LogP contribution < -0.4 is 10.1 Å². The zero-order valence-electron chi connectivity index (χ0n) is 15.0. The summed E-state index contributed by atoms with van der Waals surface area (Å²) in [6, 6.07) is 9.78. The Labute approximate surface area is 153 Å². The van der Waals surface area contributed by atoms with Crippen LogP contribution in [0, 0.1) is 0 Å². The molecule has 0 fully saturated rings. The second-order valence-electron chi connectivity index (χ2n) is 5.35. The zero-order chi connectivity index (χ0) is 18.5. The zero-order valence-corrected chi connectivity index (χ0v) is 15.0. The van der Waals surface area contributed by atoms with Gasteiger partial charge in [0.1, 0.15) is 19.0 Å². The summed E-state index contributed by atoms with van der Waals surface area (Å²) in [5, 5.41) is 3.12. The minimum Gasteiger partial charge on any atom is -0.491 e. The Morgan fingerprint density at radius 3 is 2.50 bits per heavy atom. The lowest BCUT2D eigenvalue weighted by molar-refractivity contribution is 0.0325. The minimum absolute atomic E-state index is 0.117. The second-order valence-corrected chi connectivity index (χ2v) is 5.35. The Bertz CT molecular complexity index is 680. The van der Waals surface area contributed by atoms with Gasteiger partial charge in [-0.15, -0.1) is 0 Å². The molecule has 0 aliphatic heterocycles. The summed E-state index contributed by atoms with van der Waals surface area (Å²) in [5.74, 6) is 0.793. The van der Waals surface area contributed by atoms with Gasteiger partial charge in [0.15, 0.2) is 0 Å². The number of alkyl halides is 1. The molecule has 140 valence electrons. The quantitative estimate of drug-likeness (QED) is 0.585. The molecule has 1 heterocycles. The Balaban J connectivity index is 1.84. The highest BCUT2D eigenvalue weighted by atomic mass is 19.1. The number of pyridine rings is 1. The molecule has 0 spiro atoms. The maximum atomic E-state index is 11.9. The van der Waals surface area contributed by atoms with E-state index in [9.17, 15) is 4.39 Å². The number of benzene rings is 1. The smallest absolute Gasteiger partial charge is 0.126 e. The Hall–Kier alpha value is -2.44. The Kier molecular flexibility index (Phi) is 9.18. The Morgan fingerprint density at radius 2 is 1.69 bits per heavy atom. The summed E-state index contributed by atoms with van der Waals surface area (Å²) >= 11 is 0. The molecule has 5 nitrogen and oxygen atoms in total. The molecule has 2 rings (SSSR count). The van der Waals surface area contributed by atoms with Crippen molar-refractivity contribution in [2.75, 3.05) is 52.1 Å². The summed E-state index contributed by atoms with van der Waals surface area (Å²) in [7, 11) is 1.87. The van der Waals surface area contributed by atoms with Crippen LogP contribution in [0.5, 0.6) is 5.75 Å². The van der Waals surface area contributed by atoms with Crippen molar-refractivity contribution in [3.63, 3.8) is 0 Å². The third-order valence-electron chi connectivity index (χ3n) is 3.56. The molecule has 1 aromatic carbocycles. The van der Waals surface area contributed by atoms with Gasteiger partial charge in [0.05, 0.1) is 38.3 Å². The fourth-order valence-corrected chi connectivity index (χ4v) is 2.28. The summed E-state index contributed by atoms with van der Waals surface area (Å²) in [6.07, 6.45) is 7.58. The molecule has 0 saturated heterocycles. The maximum absolute atomic E-state index is 11.9. The summed E-state index contributed by atoms with van der Waals surface area (Å²) in [4.78, 5) is 4.11. The van der Waals surface area contributed by atoms with E-state index in [1.54, 1.807) is 12.4 Å². The number of nitrogens with zero attached hydrogens (tertiary/aromatic N) is 1. The van der Waals surface area contributed by atoms with Crippen molar-refractivity contribution in [2.45, 2.75) is 0 Å². The van der Waals surface area contributed by atoms with Crippen LogP contribution in [-0.4, -0.2) is 51.7 Å². The van der Waals surface area contributed by atoms with E-state index in [1.807, 2.05) is 49.5 Å². The van der Waals surface area contributed by atoms with Crippen LogP contribution in [0.25, 0.3) is 12.2 Å². The molecule has 2 aromatic rings. The number of nitrogens with one attached hydrogen (secondary N) is 1. The van der Waals surface area contributed by atoms with Gasteiger partial charge in [-0.1, -0.05) is 30.4 Å². The average molecular weight is 360 g/mol. The van der Waals surface area contributed by atoms with Gasteiger partial charge in [0.25, 0.3) is 0 Å². The normalized spacial score (nSPS) is 11.0. The first-order chi connectivity index (χ1) is 12.8. The van der Waals surface area contributed by atoms with Crippen molar-refractivity contribution in [2.24, 2.45) is 0 Å². The van der Waals surface area contributed by atoms with E-state index in [4.69, 9.17) is 14.2 Å². The molecule has 0 saturated carbocycles. The monoisotopic (exact) mass is 360 g/mol. The van der Waals surface area contributed by atoms with Gasteiger partial charge in [-0.05, 0) is 12.1 Å². The van der Waals surface area contributed by atoms with Crippen LogP contribution in [0.1, 0.15) is 11.1 Å². The van der Waals surface area contributed by atoms with Gasteiger partial charge >= 0.3 is 0 Å². The number of aromatic nitrogens is 1. The third kappa shape index (κ3) is 6.82. The standard InChI is InChI=1S/C20H25FN2O3/c1-22-19-16-23-10-8-17(19)6-7-18-4-2-3-5-20(18)26-15-14-25-13-12-24-11-9-21/h2-8,10,16,22H,9,11-15H2,1H3. The number of ether oxygens (including phenoxy) is 3. The number of halogens is 1. The van der Waals surface area contributed by atoms with Crippen LogP contribution in [0.2, 0.25) is 0 Å². The van der Waals surface area contributed by atoms with Gasteiger partial charge in [0, 0.05) is 24.4 Å². The van der Waals surface area contributed by atoms with Crippen LogP contribution in [0.4, 0.5) is 10.1 Å². The predicted molar refractivity (Wildman–Crippen MR) is 102 cm³/mol. The molecule has 1 N–H and O–H groups in total. The van der Waals surface area contributed by atoms with E-state index in [1.165, 1.54) is 0 Å². The molecule has 6 heteroatoms. The molecule has 0 aliphatic rings. The molecule has 26 heavy (non-hydrogen) atoms. The molecule has 0 amide bonds. The lowest BCUT2D eigenvalue weighted by atomic mass is 10.1. The second kappa shape index (κ2) is 12.0. The third-order valence-corrected chi connectivity index (χ3v) is 3.56. The molecular weight excluding hydrogens is 335 g/mol. The van der Waals surface area contributed by atoms with Crippen molar-refractivity contribution in [1.82, 2.24) is 4.98 Å². The predicted octanol–water partition coefficient (Wildman–Crippen LogP) is 3.68. The topological polar surface area (TPSA) is 52.6 Å². The van der Waals surface area contributed by atoms with Crippen molar-refractivity contribution >= 4 is 17.8 Å². The van der Waals surface area contributed by atoms with E-state index in [0.29, 0.717) is 26.4 Å². The fourth-order valence-electron chi connectivity index (χ4n) is 2.28. The molecule has 0 unspecified atom stereocenters. The minimum atomic E-state index is -0.470. The largest absolute Gasteiger partial charge is 0.491 e. The van der Waals surface area contributed by atoms with Gasteiger partial charge in [-0.2, -0.15) is 0 Å². The van der Waals surface area contributed by atoms with Crippen molar-refractivity contribution in [1.29, 1.82) is 0 Å². The lowest BCUT2D eigenvalue weighted by Gasteiger charge is -2.10. The highest BCUT2D eigenvalue weighted by Gasteiger charge is 2.01. The van der Waals surface area contributed by atoms with Crippen molar-refractivity contribution in [3.8, 4) is 5.75 Å². The molecular formula is C20H25FN2O3. The molecule has 0 aliphatic carbocycles. The SMILES string of the molecule is CNc1cnccc1C=Cc1ccccc1OCCOCCOCCF. The van der Waals surface area contributed by atoms with Crippen LogP contribution in [-0.2, 0) is 9.47 Å². The molecule has 0 atom stereocenters. The fraction of sp³-hybridized carbons (Fsp3) is 0.350. The number of para-hydroxylation sites is 1. The number of hydrogen-bond donors (Lipinski definition) is 1. The summed E-state index contributed by atoms with van der Waals surface area (Å²) in [5.41, 5.74) is 3.00. The van der Waals surface area contributed by atoms with Crippen LogP contribution in [0.15, 0.2) is 42.7 Å². The van der Waals surface area contributed by atoms with E-state index in [0.717, 1.165) is 22.6 Å². The molecule has 0 radical (unpaired) electrons. The molecule has 1 aromatic heterocycles. The van der Waals surface area contributed by atoms with E-state index < -0.39 is 6.67 Å². The Morgan fingerprint density at radius 1 is 0.962 bits per heavy atom. The van der Waals surface area contributed by atoms with E-state index in [-0.39, 0.29) is 6.61 Å². The first-order valence-electron chi connectivity index (χ1n) is 8.58. The van der Waals surface area contributed by atoms with Gasteiger partial charge in [-0.3, -0.25) is 4.98 Å². The molecule has 0 bridgehead atoms. The number of hydrogen-bond acceptors (Lipinski definition) is 5. The first kappa shape index (κ1) is 19.9. The van der Waals surface area contributed by atoms with Crippen LogP contribution in [0.3, 0.4) is 0 Å². The number of anilines is 1. The van der Waals surface area contributed by atoms with Crippen molar-refractivity contribution in [3.05, 3.63) is 53.9 Å². The van der Waals surface area contributed by atoms with Gasteiger partial charge in [0.2, 0.25) is 0 Å². The highest BCUT2D eigenvalue weighted by Crippen LogP contribution is 2.22. The average Bonchev–Trinajstić information content (AvgIpc) is 2.69. The number of rotatable bonds is 12. The van der Waals surface area contributed by atoms with Crippen LogP contribution >= 0.6 is 0 Å². The van der Waals surface area contributed by atoms with Crippen molar-refractivity contribution < 1.29 is 18.6 Å². The summed E-state index contributed by atoms with van der Waals surface area (Å²) < 4.78 is 28.1. The van der Waals surface area contributed by atoms with E-state index >= 15 is 0 Å².